The van der Waals surface area contributed by atoms with Crippen LogP contribution >= 0.6 is 0 Å². The number of hydrogen-bond donors (Lipinski definition) is 1. The maximum absolute atomic E-state index is 5.36. The zero-order chi connectivity index (χ0) is 13.5. The third kappa shape index (κ3) is 4.58. The molecular formula is C14H26N4O. The first kappa shape index (κ1) is 14.5. The van der Waals surface area contributed by atoms with E-state index < -0.39 is 0 Å². The number of rotatable bonds is 7. The monoisotopic (exact) mass is 266 g/mol. The minimum absolute atomic E-state index is 0.657. The number of nitrogens with zero attached hydrogens (tertiary/aromatic N) is 3. The zero-order valence-corrected chi connectivity index (χ0v) is 12.2. The van der Waals surface area contributed by atoms with Crippen LogP contribution in [0.15, 0.2) is 4.52 Å². The first-order valence-corrected chi connectivity index (χ1v) is 7.56. The highest BCUT2D eigenvalue weighted by molar-refractivity contribution is 4.90. The summed E-state index contributed by atoms with van der Waals surface area (Å²) in [5, 5.41) is 7.51. The quantitative estimate of drug-likeness (QED) is 0.810. The summed E-state index contributed by atoms with van der Waals surface area (Å²) in [6, 6.07) is 0. The van der Waals surface area contributed by atoms with Crippen LogP contribution in [0.5, 0.6) is 0 Å². The van der Waals surface area contributed by atoms with Gasteiger partial charge in [0, 0.05) is 19.4 Å². The molecule has 0 saturated carbocycles. The summed E-state index contributed by atoms with van der Waals surface area (Å²) >= 11 is 0. The second-order valence-corrected chi connectivity index (χ2v) is 5.30. The van der Waals surface area contributed by atoms with E-state index in [2.05, 4.69) is 34.2 Å². The molecular weight excluding hydrogens is 240 g/mol. The van der Waals surface area contributed by atoms with Crippen molar-refractivity contribution in [3.8, 4) is 0 Å². The van der Waals surface area contributed by atoms with E-state index in [-0.39, 0.29) is 0 Å². The van der Waals surface area contributed by atoms with Crippen molar-refractivity contribution in [1.29, 1.82) is 0 Å². The van der Waals surface area contributed by atoms with E-state index in [4.69, 9.17) is 4.52 Å². The molecule has 1 aromatic heterocycles. The van der Waals surface area contributed by atoms with E-state index in [0.717, 1.165) is 57.3 Å². The number of hydrogen-bond acceptors (Lipinski definition) is 5. The molecule has 0 amide bonds. The molecule has 2 heterocycles. The lowest BCUT2D eigenvalue weighted by Crippen LogP contribution is -2.30. The molecule has 1 N–H and O–H groups in total. The third-order valence-electron chi connectivity index (χ3n) is 3.92. The molecule has 0 spiro atoms. The molecule has 1 aromatic rings. The SMILES string of the molecule is CCN(CC)CCc1noc(CC2CCCNC2)n1. The van der Waals surface area contributed by atoms with Crippen LogP contribution in [0.4, 0.5) is 0 Å². The van der Waals surface area contributed by atoms with Gasteiger partial charge in [0.25, 0.3) is 0 Å². The van der Waals surface area contributed by atoms with Crippen molar-refractivity contribution in [2.24, 2.45) is 5.92 Å². The van der Waals surface area contributed by atoms with Gasteiger partial charge in [-0.2, -0.15) is 4.98 Å². The van der Waals surface area contributed by atoms with Crippen LogP contribution in [-0.4, -0.2) is 47.8 Å². The van der Waals surface area contributed by atoms with Gasteiger partial charge >= 0.3 is 0 Å². The number of aromatic nitrogens is 2. The molecule has 0 bridgehead atoms. The summed E-state index contributed by atoms with van der Waals surface area (Å²) in [5.74, 6) is 2.32. The van der Waals surface area contributed by atoms with Crippen molar-refractivity contribution < 1.29 is 4.52 Å². The molecule has 1 fully saturated rings. The second kappa shape index (κ2) is 7.60. The van der Waals surface area contributed by atoms with Gasteiger partial charge in [0.2, 0.25) is 5.89 Å². The average Bonchev–Trinajstić information content (AvgIpc) is 2.89. The van der Waals surface area contributed by atoms with Gasteiger partial charge in [-0.25, -0.2) is 0 Å². The van der Waals surface area contributed by atoms with Gasteiger partial charge < -0.3 is 14.7 Å². The highest BCUT2D eigenvalue weighted by Crippen LogP contribution is 2.15. The van der Waals surface area contributed by atoms with Gasteiger partial charge in [-0.3, -0.25) is 0 Å². The standard InChI is InChI=1S/C14H26N4O/c1-3-18(4-2)9-7-13-16-14(19-17-13)10-12-6-5-8-15-11-12/h12,15H,3-11H2,1-2H3. The molecule has 1 saturated heterocycles. The summed E-state index contributed by atoms with van der Waals surface area (Å²) in [4.78, 5) is 6.89. The lowest BCUT2D eigenvalue weighted by molar-refractivity contribution is 0.299. The molecule has 5 nitrogen and oxygen atoms in total. The third-order valence-corrected chi connectivity index (χ3v) is 3.92. The number of likely N-dealkylation sites (N-methyl/N-ethyl adjacent to an activating group) is 1. The Balaban J connectivity index is 1.77. The maximum Gasteiger partial charge on any atom is 0.226 e. The molecule has 1 atom stereocenters. The van der Waals surface area contributed by atoms with E-state index >= 15 is 0 Å². The summed E-state index contributed by atoms with van der Waals surface area (Å²) in [6.45, 7) is 9.76. The molecule has 1 aliphatic rings. The lowest BCUT2D eigenvalue weighted by Gasteiger charge is -2.20. The minimum Gasteiger partial charge on any atom is -0.339 e. The Labute approximate surface area is 115 Å². The van der Waals surface area contributed by atoms with Crippen molar-refractivity contribution in [3.05, 3.63) is 11.7 Å². The normalized spacial score (nSPS) is 20.1. The van der Waals surface area contributed by atoms with Crippen molar-refractivity contribution in [2.75, 3.05) is 32.7 Å². The van der Waals surface area contributed by atoms with E-state index in [1.54, 1.807) is 0 Å². The Morgan fingerprint density at radius 2 is 2.21 bits per heavy atom. The smallest absolute Gasteiger partial charge is 0.226 e. The molecule has 0 aromatic carbocycles. The van der Waals surface area contributed by atoms with Crippen LogP contribution in [0.3, 0.4) is 0 Å². The number of nitrogens with one attached hydrogen (secondary N) is 1. The fourth-order valence-corrected chi connectivity index (χ4v) is 2.62. The van der Waals surface area contributed by atoms with Crippen molar-refractivity contribution >= 4 is 0 Å². The van der Waals surface area contributed by atoms with Gasteiger partial charge in [-0.05, 0) is 44.9 Å². The Morgan fingerprint density at radius 3 is 2.89 bits per heavy atom. The highest BCUT2D eigenvalue weighted by atomic mass is 16.5. The van der Waals surface area contributed by atoms with Gasteiger partial charge in [0.15, 0.2) is 5.82 Å². The Morgan fingerprint density at radius 1 is 1.37 bits per heavy atom. The van der Waals surface area contributed by atoms with Crippen LogP contribution in [0, 0.1) is 5.92 Å². The van der Waals surface area contributed by atoms with Gasteiger partial charge in [0.1, 0.15) is 0 Å². The first-order chi connectivity index (χ1) is 9.31. The molecule has 1 unspecified atom stereocenters. The minimum atomic E-state index is 0.657. The topological polar surface area (TPSA) is 54.2 Å². The predicted molar refractivity (Wildman–Crippen MR) is 75.1 cm³/mol. The molecule has 0 radical (unpaired) electrons. The highest BCUT2D eigenvalue weighted by Gasteiger charge is 2.17. The van der Waals surface area contributed by atoms with Gasteiger partial charge in [-0.1, -0.05) is 19.0 Å². The van der Waals surface area contributed by atoms with E-state index in [9.17, 15) is 0 Å². The fourth-order valence-electron chi connectivity index (χ4n) is 2.62. The largest absolute Gasteiger partial charge is 0.339 e. The van der Waals surface area contributed by atoms with E-state index in [1.807, 2.05) is 0 Å². The fraction of sp³-hybridized carbons (Fsp3) is 0.857. The van der Waals surface area contributed by atoms with E-state index in [1.165, 1.54) is 12.8 Å². The zero-order valence-electron chi connectivity index (χ0n) is 12.2. The second-order valence-electron chi connectivity index (χ2n) is 5.30. The Kier molecular flexibility index (Phi) is 5.79. The van der Waals surface area contributed by atoms with Crippen molar-refractivity contribution in [2.45, 2.75) is 39.5 Å². The molecule has 5 heteroatoms. The van der Waals surface area contributed by atoms with Crippen molar-refractivity contribution in [1.82, 2.24) is 20.4 Å². The van der Waals surface area contributed by atoms with Crippen LogP contribution < -0.4 is 5.32 Å². The van der Waals surface area contributed by atoms with Crippen LogP contribution in [0.25, 0.3) is 0 Å². The van der Waals surface area contributed by atoms with Gasteiger partial charge in [0.05, 0.1) is 0 Å². The van der Waals surface area contributed by atoms with Crippen molar-refractivity contribution in [3.63, 3.8) is 0 Å². The first-order valence-electron chi connectivity index (χ1n) is 7.56. The van der Waals surface area contributed by atoms with Crippen LogP contribution in [-0.2, 0) is 12.8 Å². The Hall–Kier alpha value is -0.940. The van der Waals surface area contributed by atoms with E-state index in [0.29, 0.717) is 5.92 Å². The molecule has 2 rings (SSSR count). The average molecular weight is 266 g/mol. The predicted octanol–water partition coefficient (Wildman–Crippen LogP) is 1.50. The summed E-state index contributed by atoms with van der Waals surface area (Å²) in [7, 11) is 0. The Bertz CT molecular complexity index is 356. The maximum atomic E-state index is 5.36. The molecule has 19 heavy (non-hydrogen) atoms. The molecule has 0 aliphatic carbocycles. The molecule has 108 valence electrons. The van der Waals surface area contributed by atoms with Gasteiger partial charge in [-0.15, -0.1) is 0 Å². The van der Waals surface area contributed by atoms with Crippen LogP contribution in [0.2, 0.25) is 0 Å². The summed E-state index contributed by atoms with van der Waals surface area (Å²) < 4.78 is 5.36. The van der Waals surface area contributed by atoms with Crippen LogP contribution in [0.1, 0.15) is 38.4 Å². The summed E-state index contributed by atoms with van der Waals surface area (Å²) in [6.07, 6.45) is 4.33. The lowest BCUT2D eigenvalue weighted by atomic mass is 9.96. The summed E-state index contributed by atoms with van der Waals surface area (Å²) in [5.41, 5.74) is 0. The molecule has 1 aliphatic heterocycles. The number of piperidine rings is 1.